The van der Waals surface area contributed by atoms with Gasteiger partial charge in [-0.1, -0.05) is 24.6 Å². The monoisotopic (exact) mass is 771 g/mol. The van der Waals surface area contributed by atoms with Crippen molar-refractivity contribution in [3.63, 3.8) is 0 Å². The van der Waals surface area contributed by atoms with E-state index in [0.29, 0.717) is 6.42 Å². The summed E-state index contributed by atoms with van der Waals surface area (Å²) in [5.74, 6) is -0.320. The Hall–Kier alpha value is 0.912. The molecule has 209 valence electrons. The smallest absolute Gasteiger partial charge is 0.276 e. The fourth-order valence-corrected chi connectivity index (χ4v) is 5.20. The van der Waals surface area contributed by atoms with Crippen molar-refractivity contribution in [1.29, 1.82) is 0 Å². The number of carbonyl (C=O) groups excluding carboxylic acids is 1. The maximum Gasteiger partial charge on any atom is 0.276 e. The Morgan fingerprint density at radius 1 is 1.17 bits per heavy atom. The second-order valence-corrected chi connectivity index (χ2v) is 11.7. The molecule has 0 amide bonds. The first-order valence-electron chi connectivity index (χ1n) is 11.2. The van der Waals surface area contributed by atoms with E-state index in [9.17, 15) is 33.9 Å². The average Bonchev–Trinajstić information content (AvgIpc) is 2.71. The maximum atomic E-state index is 12.2. The number of phosphoric ester groups is 2. The van der Waals surface area contributed by atoms with E-state index in [4.69, 9.17) is 15.2 Å². The third kappa shape index (κ3) is 13.3. The van der Waals surface area contributed by atoms with Gasteiger partial charge in [-0.15, -0.1) is 0 Å². The van der Waals surface area contributed by atoms with Gasteiger partial charge in [0.15, 0.2) is 12.1 Å². The van der Waals surface area contributed by atoms with Gasteiger partial charge in [-0.3, -0.25) is 18.4 Å². The van der Waals surface area contributed by atoms with Crippen molar-refractivity contribution in [2.45, 2.75) is 90.6 Å². The first-order chi connectivity index (χ1) is 16.1. The molecule has 1 aliphatic heterocycles. The molecule has 1 saturated heterocycles. The predicted octanol–water partition coefficient (Wildman–Crippen LogP) is 1.61. The minimum absolute atomic E-state index is 0. The fourth-order valence-electron chi connectivity index (χ4n) is 3.11. The van der Waals surface area contributed by atoms with Crippen LogP contribution in [0, 0.1) is 50.0 Å². The van der Waals surface area contributed by atoms with Crippen LogP contribution in [-0.4, -0.2) is 66.0 Å². The van der Waals surface area contributed by atoms with Gasteiger partial charge in [0.1, 0.15) is 18.3 Å². The number of ketones is 1. The van der Waals surface area contributed by atoms with Crippen molar-refractivity contribution in [3.05, 3.63) is 17.4 Å². The zero-order valence-corrected chi connectivity index (χ0v) is 27.6. The second-order valence-electron chi connectivity index (χ2n) is 8.76. The molecule has 0 aromatic heterocycles. The summed E-state index contributed by atoms with van der Waals surface area (Å²) in [6.45, 7) is 7.28. The third-order valence-electron chi connectivity index (χ3n) is 5.29. The van der Waals surface area contributed by atoms with Crippen molar-refractivity contribution in [2.75, 3.05) is 13.2 Å². The van der Waals surface area contributed by atoms with Gasteiger partial charge in [-0.25, -0.2) is 4.31 Å². The number of allylic oxidation sites excluding steroid dienone is 2. The van der Waals surface area contributed by atoms with Crippen molar-refractivity contribution in [1.82, 2.24) is 0 Å². The normalized spacial score (nSPS) is 29.2. The van der Waals surface area contributed by atoms with E-state index in [1.54, 1.807) is 0 Å². The quantitative estimate of drug-likeness (QED) is 0.180. The summed E-state index contributed by atoms with van der Waals surface area (Å²) in [4.78, 5) is 35.7. The molecule has 0 aliphatic carbocycles. The number of hydrogen-bond acceptors (Lipinski definition) is 12. The van der Waals surface area contributed by atoms with Crippen LogP contribution < -0.4 is 9.79 Å². The van der Waals surface area contributed by atoms with E-state index in [1.807, 2.05) is 26.8 Å². The van der Waals surface area contributed by atoms with E-state index >= 15 is 0 Å². The minimum atomic E-state index is -5.64. The Labute approximate surface area is 247 Å². The Bertz CT molecular complexity index is 812. The number of Topliss-reactive ketones (excluding diaryl/α,β-unsaturated/α-hetero) is 1. The van der Waals surface area contributed by atoms with Crippen LogP contribution in [0.25, 0.3) is 5.73 Å². The van der Waals surface area contributed by atoms with E-state index in [2.05, 4.69) is 13.4 Å². The third-order valence-corrected chi connectivity index (χ3v) is 7.86. The van der Waals surface area contributed by atoms with Crippen LogP contribution in [0.3, 0.4) is 0 Å². The molecule has 13 nitrogen and oxygen atoms in total. The van der Waals surface area contributed by atoms with E-state index in [0.717, 1.165) is 12.8 Å². The van der Waals surface area contributed by atoms with Crippen LogP contribution in [-0.2, 0) is 36.8 Å². The number of nitrogens with one attached hydrogen (secondary N) is 1. The summed E-state index contributed by atoms with van der Waals surface area (Å²) in [6, 6.07) is -1.74. The van der Waals surface area contributed by atoms with Gasteiger partial charge in [0.25, 0.3) is 15.6 Å². The summed E-state index contributed by atoms with van der Waals surface area (Å²) in [5.41, 5.74) is 9.31. The average molecular weight is 771 g/mol. The summed E-state index contributed by atoms with van der Waals surface area (Å²) in [5, 5.41) is 19.7. The largest absolute Gasteiger partial charge is 0.756 e. The molecule has 1 fully saturated rings. The Kier molecular flexibility index (Phi) is 17.3. The molecule has 36 heavy (non-hydrogen) atoms. The van der Waals surface area contributed by atoms with Crippen LogP contribution >= 0.6 is 15.6 Å². The molecule has 0 spiro atoms. The first-order valence-corrected chi connectivity index (χ1v) is 14.1. The molecule has 1 aliphatic rings. The Morgan fingerprint density at radius 2 is 1.78 bits per heavy atom. The molecule has 0 bridgehead atoms. The second kappa shape index (κ2) is 16.9. The summed E-state index contributed by atoms with van der Waals surface area (Å²) in [6.07, 6.45) is -3.60. The van der Waals surface area contributed by atoms with E-state index < -0.39 is 64.8 Å². The van der Waals surface area contributed by atoms with Crippen molar-refractivity contribution < 1.29 is 101 Å². The summed E-state index contributed by atoms with van der Waals surface area (Å²) in [7, 11) is -11.0. The number of ether oxygens (including phenoxy) is 2. The van der Waals surface area contributed by atoms with Gasteiger partial charge in [0.05, 0.1) is 19.3 Å². The fraction of sp³-hybridized carbons (Fsp3) is 0.850. The van der Waals surface area contributed by atoms with Gasteiger partial charge in [-0.2, -0.15) is 0 Å². The molecule has 0 aromatic rings. The van der Waals surface area contributed by atoms with Gasteiger partial charge < -0.3 is 39.7 Å². The van der Waals surface area contributed by atoms with E-state index in [1.165, 1.54) is 19.4 Å². The zero-order chi connectivity index (χ0) is 27.0. The van der Waals surface area contributed by atoms with Crippen molar-refractivity contribution in [3.8, 4) is 0 Å². The molecule has 16 heteroatoms. The van der Waals surface area contributed by atoms with Crippen molar-refractivity contribution >= 4 is 21.4 Å². The van der Waals surface area contributed by atoms with E-state index in [-0.39, 0.29) is 56.6 Å². The van der Waals surface area contributed by atoms with Crippen LogP contribution in [0.1, 0.15) is 53.9 Å². The van der Waals surface area contributed by atoms with Gasteiger partial charge >= 0.3 is 0 Å². The standard InChI is InChI=1S/C20H38NO12P2.Ac/c1-12(2)7-6-8-13(3)9-10-29-34(25,26)33-35(27,28)32-20-17(21)19(30-15(5)14(4)23)18(24)16(11-22)31-20;/h7,13,15-22,24H,6,8-11H2,1-5H3,(H,25,26)(H,27,28);/q-1;/p-2. The van der Waals surface area contributed by atoms with Crippen LogP contribution in [0.2, 0.25) is 0 Å². The molecule has 9 unspecified atom stereocenters. The van der Waals surface area contributed by atoms with Crippen LogP contribution in [0.4, 0.5) is 0 Å². The number of rotatable bonds is 15. The molecule has 0 aromatic carbocycles. The topological polar surface area (TPSA) is 208 Å². The molecule has 1 rings (SSSR count). The number of carbonyl (C=O) groups is 1. The minimum Gasteiger partial charge on any atom is -0.756 e. The van der Waals surface area contributed by atoms with Crippen LogP contribution in [0.5, 0.6) is 0 Å². The molecule has 1 radical (unpaired) electrons. The molecule has 3 N–H and O–H groups in total. The zero-order valence-electron chi connectivity index (χ0n) is 21.1. The number of aliphatic hydroxyl groups excluding tert-OH is 2. The summed E-state index contributed by atoms with van der Waals surface area (Å²) >= 11 is 0. The van der Waals surface area contributed by atoms with Gasteiger partial charge in [-0.05, 0) is 52.9 Å². The Morgan fingerprint density at radius 3 is 2.31 bits per heavy atom. The summed E-state index contributed by atoms with van der Waals surface area (Å²) < 4.78 is 47.9. The van der Waals surface area contributed by atoms with Gasteiger partial charge in [0.2, 0.25) is 0 Å². The maximum absolute atomic E-state index is 12.2. The number of hydrogen-bond donors (Lipinski definition) is 2. The molecular formula is C20H36AcNO12P2-3. The van der Waals surface area contributed by atoms with Crippen molar-refractivity contribution in [2.24, 2.45) is 5.92 Å². The molecular weight excluding hydrogens is 735 g/mol. The molecule has 9 atom stereocenters. The van der Waals surface area contributed by atoms with Crippen LogP contribution in [0.15, 0.2) is 11.6 Å². The Balaban J connectivity index is 0.0000122. The number of aliphatic hydroxyl groups is 2. The molecule has 1 heterocycles. The number of phosphoric acid groups is 2. The first kappa shape index (κ1) is 36.9. The predicted molar refractivity (Wildman–Crippen MR) is 121 cm³/mol. The SMILES string of the molecule is CC(=O)C(C)OC1C([NH-])C(OP(=O)([O-])OP(=O)([O-])OCCC(C)CCC=C(C)C)OC(CO)C1O.[Ac]. The van der Waals surface area contributed by atoms with Gasteiger partial charge in [0, 0.05) is 44.1 Å². The molecule has 0 saturated carbocycles.